The lowest BCUT2D eigenvalue weighted by molar-refractivity contribution is -0.137. The van der Waals surface area contributed by atoms with Gasteiger partial charge in [-0.1, -0.05) is 6.07 Å². The van der Waals surface area contributed by atoms with E-state index < -0.39 is 17.3 Å². The van der Waals surface area contributed by atoms with Gasteiger partial charge in [-0.2, -0.15) is 23.1 Å². The van der Waals surface area contributed by atoms with E-state index in [4.69, 9.17) is 9.72 Å². The third-order valence-corrected chi connectivity index (χ3v) is 6.75. The lowest BCUT2D eigenvalue weighted by atomic mass is 9.96. The van der Waals surface area contributed by atoms with Crippen molar-refractivity contribution in [3.63, 3.8) is 0 Å². The Morgan fingerprint density at radius 2 is 1.75 bits per heavy atom. The molecule has 0 atom stereocenters. The number of piperidine rings is 1. The SMILES string of the molecule is Cn1ccc2cc(-c3nc(Nc4cccc(C(F)(F)F)c4)nc(C4CCN(C(=O)OC(C)(C)C)CC4)n3)ccc21. The highest BCUT2D eigenvalue weighted by molar-refractivity contribution is 5.84. The van der Waals surface area contributed by atoms with Crippen LogP contribution in [0.4, 0.5) is 29.6 Å². The zero-order valence-corrected chi connectivity index (χ0v) is 22.8. The molecule has 8 nitrogen and oxygen atoms in total. The van der Waals surface area contributed by atoms with E-state index in [2.05, 4.69) is 15.3 Å². The maximum absolute atomic E-state index is 13.3. The number of amides is 1. The summed E-state index contributed by atoms with van der Waals surface area (Å²) in [5.41, 5.74) is 0.684. The fourth-order valence-electron chi connectivity index (χ4n) is 4.73. The molecule has 0 bridgehead atoms. The lowest BCUT2D eigenvalue weighted by Crippen LogP contribution is -2.41. The lowest BCUT2D eigenvalue weighted by Gasteiger charge is -2.33. The predicted molar refractivity (Wildman–Crippen MR) is 146 cm³/mol. The van der Waals surface area contributed by atoms with Gasteiger partial charge in [0.1, 0.15) is 11.4 Å². The molecule has 3 heterocycles. The summed E-state index contributed by atoms with van der Waals surface area (Å²) >= 11 is 0. The van der Waals surface area contributed by atoms with Gasteiger partial charge >= 0.3 is 12.3 Å². The topological polar surface area (TPSA) is 85.2 Å². The molecule has 2 aromatic heterocycles. The summed E-state index contributed by atoms with van der Waals surface area (Å²) in [6.07, 6.45) is -1.63. The molecule has 40 heavy (non-hydrogen) atoms. The van der Waals surface area contributed by atoms with Crippen molar-refractivity contribution in [3.05, 3.63) is 66.1 Å². The Hall–Kier alpha value is -4.15. The fraction of sp³-hybridized carbons (Fsp3) is 0.379. The van der Waals surface area contributed by atoms with Gasteiger partial charge in [0.05, 0.1) is 5.56 Å². The number of carbonyl (C=O) groups is 1. The molecule has 1 aliphatic heterocycles. The summed E-state index contributed by atoms with van der Waals surface area (Å²) in [7, 11) is 1.96. The minimum absolute atomic E-state index is 0.0667. The van der Waals surface area contributed by atoms with E-state index in [1.54, 1.807) is 4.90 Å². The van der Waals surface area contributed by atoms with Gasteiger partial charge in [-0.15, -0.1) is 0 Å². The highest BCUT2D eigenvalue weighted by Crippen LogP contribution is 2.33. The van der Waals surface area contributed by atoms with Gasteiger partial charge in [-0.25, -0.2) is 9.78 Å². The molecular formula is C29H31F3N6O2. The van der Waals surface area contributed by atoms with E-state index >= 15 is 0 Å². The molecule has 0 aliphatic carbocycles. The van der Waals surface area contributed by atoms with Gasteiger partial charge < -0.3 is 19.5 Å². The van der Waals surface area contributed by atoms with Crippen LogP contribution in [0.5, 0.6) is 0 Å². The summed E-state index contributed by atoms with van der Waals surface area (Å²) in [6.45, 7) is 6.45. The zero-order chi connectivity index (χ0) is 28.7. The maximum Gasteiger partial charge on any atom is 0.416 e. The number of alkyl halides is 3. The van der Waals surface area contributed by atoms with Crippen LogP contribution in [0.3, 0.4) is 0 Å². The Kier molecular flexibility index (Phi) is 7.16. The number of nitrogens with zero attached hydrogens (tertiary/aromatic N) is 5. The second-order valence-electron chi connectivity index (χ2n) is 11.0. The van der Waals surface area contributed by atoms with Gasteiger partial charge in [0.25, 0.3) is 0 Å². The predicted octanol–water partition coefficient (Wildman–Crippen LogP) is 6.91. The number of aryl methyl sites for hydroxylation is 1. The molecule has 5 rings (SSSR count). The van der Waals surface area contributed by atoms with Crippen LogP contribution < -0.4 is 5.32 Å². The molecule has 11 heteroatoms. The van der Waals surface area contributed by atoms with Gasteiger partial charge in [0.2, 0.25) is 5.95 Å². The Balaban J connectivity index is 1.46. The Labute approximate surface area is 230 Å². The summed E-state index contributed by atoms with van der Waals surface area (Å²) < 4.78 is 47.4. The molecule has 0 unspecified atom stereocenters. The third-order valence-electron chi connectivity index (χ3n) is 6.75. The smallest absolute Gasteiger partial charge is 0.416 e. The largest absolute Gasteiger partial charge is 0.444 e. The zero-order valence-electron chi connectivity index (χ0n) is 22.8. The van der Waals surface area contributed by atoms with Gasteiger partial charge in [-0.05, 0) is 76.1 Å². The van der Waals surface area contributed by atoms with E-state index in [9.17, 15) is 18.0 Å². The van der Waals surface area contributed by atoms with E-state index in [0.717, 1.165) is 28.6 Å². The standard InChI is InChI=1S/C29H31F3N6O2/c1-28(2,3)40-27(39)38-14-11-18(12-15-38)24-34-25(20-8-9-23-19(16-20)10-13-37(23)4)36-26(35-24)33-22-7-5-6-21(17-22)29(30,31)32/h5-10,13,16-18H,11-12,14-15H2,1-4H3,(H,33,34,35,36). The number of hydrogen-bond donors (Lipinski definition) is 1. The van der Waals surface area contributed by atoms with Gasteiger partial charge in [0, 0.05) is 54.4 Å². The van der Waals surface area contributed by atoms with Crippen LogP contribution in [0.2, 0.25) is 0 Å². The first-order chi connectivity index (χ1) is 18.9. The summed E-state index contributed by atoms with van der Waals surface area (Å²) in [6, 6.07) is 12.8. The normalized spacial score (nSPS) is 14.9. The van der Waals surface area contributed by atoms with Crippen molar-refractivity contribution in [1.82, 2.24) is 24.4 Å². The molecule has 210 valence electrons. The van der Waals surface area contributed by atoms with Crippen molar-refractivity contribution in [1.29, 1.82) is 0 Å². The average molecular weight is 553 g/mol. The third kappa shape index (κ3) is 6.19. The molecule has 1 fully saturated rings. The summed E-state index contributed by atoms with van der Waals surface area (Å²) in [5.74, 6) is 1.03. The first kappa shape index (κ1) is 27.4. The number of ether oxygens (including phenoxy) is 1. The van der Waals surface area contributed by atoms with Crippen molar-refractivity contribution >= 4 is 28.6 Å². The molecule has 4 aromatic rings. The van der Waals surface area contributed by atoms with E-state index in [0.29, 0.717) is 37.6 Å². The number of halogens is 3. The van der Waals surface area contributed by atoms with Crippen molar-refractivity contribution in [2.45, 2.75) is 51.3 Å². The highest BCUT2D eigenvalue weighted by atomic mass is 19.4. The quantitative estimate of drug-likeness (QED) is 0.296. The number of anilines is 2. The number of nitrogens with one attached hydrogen (secondary N) is 1. The molecule has 0 spiro atoms. The van der Waals surface area contributed by atoms with Crippen molar-refractivity contribution < 1.29 is 22.7 Å². The monoisotopic (exact) mass is 552 g/mol. The summed E-state index contributed by atoms with van der Waals surface area (Å²) in [4.78, 5) is 28.2. The Morgan fingerprint density at radius 3 is 2.45 bits per heavy atom. The molecule has 1 N–H and O–H groups in total. The number of carbonyl (C=O) groups excluding carboxylic acids is 1. The van der Waals surface area contributed by atoms with Gasteiger partial charge in [-0.3, -0.25) is 0 Å². The fourth-order valence-corrected chi connectivity index (χ4v) is 4.73. The average Bonchev–Trinajstić information content (AvgIpc) is 3.27. The molecule has 0 radical (unpaired) electrons. The van der Waals surface area contributed by atoms with E-state index in [-0.39, 0.29) is 23.6 Å². The van der Waals surface area contributed by atoms with Crippen LogP contribution in [-0.4, -0.2) is 49.2 Å². The van der Waals surface area contributed by atoms with Crippen LogP contribution in [0, 0.1) is 0 Å². The van der Waals surface area contributed by atoms with Crippen LogP contribution in [0.15, 0.2) is 54.7 Å². The second kappa shape index (κ2) is 10.4. The number of benzene rings is 2. The van der Waals surface area contributed by atoms with Crippen molar-refractivity contribution in [2.75, 3.05) is 18.4 Å². The Bertz CT molecular complexity index is 1540. The highest BCUT2D eigenvalue weighted by Gasteiger charge is 2.31. The van der Waals surface area contributed by atoms with Crippen molar-refractivity contribution in [3.8, 4) is 11.4 Å². The molecular weight excluding hydrogens is 521 g/mol. The van der Waals surface area contributed by atoms with E-state index in [1.165, 1.54) is 12.1 Å². The molecule has 1 amide bonds. The minimum atomic E-state index is -4.47. The van der Waals surface area contributed by atoms with Crippen LogP contribution in [0.25, 0.3) is 22.3 Å². The molecule has 1 aliphatic rings. The number of rotatable bonds is 4. The van der Waals surface area contributed by atoms with Crippen LogP contribution in [0.1, 0.15) is 50.9 Å². The number of likely N-dealkylation sites (tertiary alicyclic amines) is 1. The second-order valence-corrected chi connectivity index (χ2v) is 11.0. The van der Waals surface area contributed by atoms with Crippen molar-refractivity contribution in [2.24, 2.45) is 7.05 Å². The van der Waals surface area contributed by atoms with Gasteiger partial charge in [0.15, 0.2) is 5.82 Å². The number of hydrogen-bond acceptors (Lipinski definition) is 6. The number of aromatic nitrogens is 4. The van der Waals surface area contributed by atoms with Crippen LogP contribution in [-0.2, 0) is 18.0 Å². The molecule has 0 saturated carbocycles. The van der Waals surface area contributed by atoms with Crippen LogP contribution >= 0.6 is 0 Å². The summed E-state index contributed by atoms with van der Waals surface area (Å²) in [5, 5.41) is 3.96. The first-order valence-electron chi connectivity index (χ1n) is 13.1. The minimum Gasteiger partial charge on any atom is -0.444 e. The molecule has 2 aromatic carbocycles. The first-order valence-corrected chi connectivity index (χ1v) is 13.1. The number of fused-ring (bicyclic) bond motifs is 1. The molecule has 1 saturated heterocycles. The van der Waals surface area contributed by atoms with E-state index in [1.807, 2.05) is 62.8 Å². The maximum atomic E-state index is 13.3. The Morgan fingerprint density at radius 1 is 1.00 bits per heavy atom.